The van der Waals surface area contributed by atoms with Crippen LogP contribution in [0.2, 0.25) is 18.1 Å². The van der Waals surface area contributed by atoms with Crippen molar-refractivity contribution in [2.24, 2.45) is 0 Å². The van der Waals surface area contributed by atoms with E-state index in [4.69, 9.17) is 9.53 Å². The average Bonchev–Trinajstić information content (AvgIpc) is 2.26. The van der Waals surface area contributed by atoms with Crippen molar-refractivity contribution in [3.8, 4) is 0 Å². The molecule has 1 atom stereocenters. The molecule has 0 bridgehead atoms. The summed E-state index contributed by atoms with van der Waals surface area (Å²) in [6, 6.07) is 0. The molecule has 0 heterocycles. The van der Waals surface area contributed by atoms with E-state index >= 15 is 0 Å². The van der Waals surface area contributed by atoms with Gasteiger partial charge in [0.1, 0.15) is 0 Å². The first-order valence-electron chi connectivity index (χ1n) is 7.06. The smallest absolute Gasteiger partial charge is 0.335 e. The Balaban J connectivity index is 4.04. The van der Waals surface area contributed by atoms with Gasteiger partial charge in [-0.1, -0.05) is 27.7 Å². The molecule has 0 rings (SSSR count). The molecule has 0 fully saturated rings. The highest BCUT2D eigenvalue weighted by atomic mass is 28.4. The molecule has 0 aliphatic heterocycles. The predicted molar refractivity (Wildman–Crippen MR) is 79.9 cm³/mol. The van der Waals surface area contributed by atoms with Crippen LogP contribution in [0, 0.1) is 0 Å². The number of carboxylic acids is 1. The molecule has 0 amide bonds. The number of hydrogen-bond acceptors (Lipinski definition) is 3. The minimum absolute atomic E-state index is 0.193. The summed E-state index contributed by atoms with van der Waals surface area (Å²) in [5.41, 5.74) is -1.57. The number of unbranched alkanes of at least 4 members (excludes halogenated alkanes) is 1. The van der Waals surface area contributed by atoms with Crippen molar-refractivity contribution < 1.29 is 19.4 Å². The van der Waals surface area contributed by atoms with Gasteiger partial charge in [0.25, 0.3) is 0 Å². The molecule has 0 aromatic heterocycles. The molecule has 1 unspecified atom stereocenters. The van der Waals surface area contributed by atoms with Crippen LogP contribution in [0.1, 0.15) is 53.4 Å². The largest absolute Gasteiger partial charge is 0.479 e. The summed E-state index contributed by atoms with van der Waals surface area (Å²) in [5.74, 6) is -1.12. The van der Waals surface area contributed by atoms with Crippen LogP contribution < -0.4 is 0 Å². The van der Waals surface area contributed by atoms with Crippen LogP contribution in [0.5, 0.6) is 0 Å². The van der Waals surface area contributed by atoms with Crippen LogP contribution in [0.15, 0.2) is 0 Å². The summed E-state index contributed by atoms with van der Waals surface area (Å²) in [6.45, 7) is 13.3. The Labute approximate surface area is 118 Å². The number of hydrogen-bond donors (Lipinski definition) is 2. The van der Waals surface area contributed by atoms with Crippen LogP contribution in [0.25, 0.3) is 0 Å². The van der Waals surface area contributed by atoms with Gasteiger partial charge in [0.2, 0.25) is 0 Å². The lowest BCUT2D eigenvalue weighted by molar-refractivity contribution is -0.159. The van der Waals surface area contributed by atoms with Gasteiger partial charge < -0.3 is 14.6 Å². The van der Waals surface area contributed by atoms with Crippen molar-refractivity contribution in [3.63, 3.8) is 0 Å². The summed E-state index contributed by atoms with van der Waals surface area (Å²) >= 11 is 0. The average molecular weight is 290 g/mol. The van der Waals surface area contributed by atoms with E-state index in [1.54, 1.807) is 6.92 Å². The number of carboxylic acid groups (broad SMARTS) is 1. The van der Waals surface area contributed by atoms with E-state index < -0.39 is 19.9 Å². The van der Waals surface area contributed by atoms with Gasteiger partial charge in [-0.2, -0.15) is 0 Å². The monoisotopic (exact) mass is 290 g/mol. The quantitative estimate of drug-likeness (QED) is 0.531. The fourth-order valence-electron chi connectivity index (χ4n) is 1.50. The Morgan fingerprint density at radius 3 is 2.11 bits per heavy atom. The SMILES string of the molecule is CCC(O)(CCCCO[Si](C)(C)C(C)(C)C)C(=O)O. The van der Waals surface area contributed by atoms with Gasteiger partial charge in [0.05, 0.1) is 0 Å². The molecular formula is C14H30O4Si. The Morgan fingerprint density at radius 2 is 1.74 bits per heavy atom. The molecule has 0 saturated heterocycles. The zero-order valence-corrected chi connectivity index (χ0v) is 14.2. The fraction of sp³-hybridized carbons (Fsp3) is 0.929. The van der Waals surface area contributed by atoms with Crippen molar-refractivity contribution in [1.29, 1.82) is 0 Å². The third kappa shape index (κ3) is 5.63. The van der Waals surface area contributed by atoms with Gasteiger partial charge in [-0.3, -0.25) is 0 Å². The maximum atomic E-state index is 10.9. The number of carbonyl (C=O) groups is 1. The minimum atomic E-state index is -1.71. The molecule has 2 N–H and O–H groups in total. The molecule has 0 spiro atoms. The molecule has 19 heavy (non-hydrogen) atoms. The Hall–Kier alpha value is -0.393. The van der Waals surface area contributed by atoms with Gasteiger partial charge in [-0.15, -0.1) is 0 Å². The maximum Gasteiger partial charge on any atom is 0.335 e. The predicted octanol–water partition coefficient (Wildman–Crippen LogP) is 3.40. The zero-order chi connectivity index (χ0) is 15.3. The van der Waals surface area contributed by atoms with E-state index in [1.165, 1.54) is 0 Å². The zero-order valence-electron chi connectivity index (χ0n) is 13.2. The van der Waals surface area contributed by atoms with Crippen molar-refractivity contribution in [3.05, 3.63) is 0 Å². The van der Waals surface area contributed by atoms with Crippen molar-refractivity contribution in [1.82, 2.24) is 0 Å². The van der Waals surface area contributed by atoms with E-state index in [2.05, 4.69) is 33.9 Å². The standard InChI is InChI=1S/C14H30O4Si/c1-7-14(17,12(15)16)10-8-9-11-18-19(5,6)13(2,3)4/h17H,7-11H2,1-6H3,(H,15,16). The van der Waals surface area contributed by atoms with E-state index in [9.17, 15) is 9.90 Å². The third-order valence-electron chi connectivity index (χ3n) is 4.24. The van der Waals surface area contributed by atoms with E-state index in [-0.39, 0.29) is 11.5 Å². The van der Waals surface area contributed by atoms with Gasteiger partial charge in [0.15, 0.2) is 13.9 Å². The summed E-state index contributed by atoms with van der Waals surface area (Å²) in [7, 11) is -1.71. The molecule has 0 aliphatic carbocycles. The van der Waals surface area contributed by atoms with Crippen LogP contribution in [0.3, 0.4) is 0 Å². The highest BCUT2D eigenvalue weighted by Crippen LogP contribution is 2.36. The Kier molecular flexibility index (Phi) is 6.72. The molecule has 5 heteroatoms. The molecule has 0 aliphatic rings. The third-order valence-corrected chi connectivity index (χ3v) is 8.77. The topological polar surface area (TPSA) is 66.8 Å². The van der Waals surface area contributed by atoms with Crippen LogP contribution in [-0.2, 0) is 9.22 Å². The lowest BCUT2D eigenvalue weighted by Gasteiger charge is -2.36. The first-order chi connectivity index (χ1) is 8.46. The van der Waals surface area contributed by atoms with E-state index in [1.807, 2.05) is 0 Å². The minimum Gasteiger partial charge on any atom is -0.479 e. The lowest BCUT2D eigenvalue weighted by atomic mass is 9.94. The number of aliphatic hydroxyl groups is 1. The van der Waals surface area contributed by atoms with Crippen molar-refractivity contribution in [2.45, 2.75) is 77.1 Å². The van der Waals surface area contributed by atoms with Crippen LogP contribution >= 0.6 is 0 Å². The summed E-state index contributed by atoms with van der Waals surface area (Å²) in [6.07, 6.45) is 2.00. The second-order valence-electron chi connectivity index (χ2n) is 6.76. The molecule has 4 nitrogen and oxygen atoms in total. The highest BCUT2D eigenvalue weighted by molar-refractivity contribution is 6.74. The molecule has 0 radical (unpaired) electrons. The lowest BCUT2D eigenvalue weighted by Crippen LogP contribution is -2.41. The normalized spacial score (nSPS) is 16.2. The first kappa shape index (κ1) is 18.6. The van der Waals surface area contributed by atoms with Crippen LogP contribution in [-0.4, -0.2) is 36.7 Å². The van der Waals surface area contributed by atoms with Gasteiger partial charge >= 0.3 is 5.97 Å². The summed E-state index contributed by atoms with van der Waals surface area (Å²) in [5, 5.41) is 19.0. The van der Waals surface area contributed by atoms with E-state index in [0.29, 0.717) is 19.4 Å². The molecular weight excluding hydrogens is 260 g/mol. The number of aliphatic carboxylic acids is 1. The highest BCUT2D eigenvalue weighted by Gasteiger charge is 2.37. The Morgan fingerprint density at radius 1 is 1.21 bits per heavy atom. The first-order valence-corrected chi connectivity index (χ1v) is 9.97. The molecule has 0 saturated carbocycles. The molecule has 114 valence electrons. The van der Waals surface area contributed by atoms with Crippen molar-refractivity contribution in [2.75, 3.05) is 6.61 Å². The second-order valence-corrected chi connectivity index (χ2v) is 11.6. The molecule has 0 aromatic carbocycles. The Bertz CT molecular complexity index is 296. The van der Waals surface area contributed by atoms with E-state index in [0.717, 1.165) is 6.42 Å². The van der Waals surface area contributed by atoms with Gasteiger partial charge in [0, 0.05) is 6.61 Å². The maximum absolute atomic E-state index is 10.9. The second kappa shape index (κ2) is 6.86. The van der Waals surface area contributed by atoms with Gasteiger partial charge in [-0.25, -0.2) is 4.79 Å². The summed E-state index contributed by atoms with van der Waals surface area (Å²) < 4.78 is 6.01. The van der Waals surface area contributed by atoms with Crippen LogP contribution in [0.4, 0.5) is 0 Å². The van der Waals surface area contributed by atoms with Crippen molar-refractivity contribution >= 4 is 14.3 Å². The number of rotatable bonds is 8. The fourth-order valence-corrected chi connectivity index (χ4v) is 2.59. The van der Waals surface area contributed by atoms with Gasteiger partial charge in [-0.05, 0) is 43.8 Å². The summed E-state index contributed by atoms with van der Waals surface area (Å²) in [4.78, 5) is 10.9. The molecule has 0 aromatic rings.